The predicted molar refractivity (Wildman–Crippen MR) is 56.1 cm³/mol. The van der Waals surface area contributed by atoms with E-state index in [-0.39, 0.29) is 0 Å². The number of H-pyrrole nitrogens is 1. The molecule has 0 bridgehead atoms. The molecule has 2 aromatic rings. The largest absolute Gasteiger partial charge is 0.395 e. The third-order valence-corrected chi connectivity index (χ3v) is 3.04. The Bertz CT molecular complexity index is 432. The van der Waals surface area contributed by atoms with Gasteiger partial charge in [-0.15, -0.1) is 11.3 Å². The number of nitrogens with two attached hydrogens (primary N) is 1. The zero-order chi connectivity index (χ0) is 9.42. The third kappa shape index (κ3) is 1.43. The van der Waals surface area contributed by atoms with Crippen LogP contribution >= 0.6 is 22.9 Å². The molecule has 2 heterocycles. The Labute approximate surface area is 84.5 Å². The van der Waals surface area contributed by atoms with Crippen molar-refractivity contribution in [3.05, 3.63) is 22.2 Å². The van der Waals surface area contributed by atoms with Crippen LogP contribution in [-0.2, 0) is 0 Å². The Morgan fingerprint density at radius 2 is 2.31 bits per heavy atom. The summed E-state index contributed by atoms with van der Waals surface area (Å²) in [6, 6.07) is 3.75. The maximum Gasteiger partial charge on any atom is 0.125 e. The van der Waals surface area contributed by atoms with Crippen LogP contribution in [0.2, 0.25) is 4.34 Å². The van der Waals surface area contributed by atoms with E-state index in [0.717, 1.165) is 20.6 Å². The highest BCUT2D eigenvalue weighted by molar-refractivity contribution is 7.19. The van der Waals surface area contributed by atoms with Gasteiger partial charge in [-0.2, -0.15) is 5.10 Å². The summed E-state index contributed by atoms with van der Waals surface area (Å²) in [5.74, 6) is 0. The van der Waals surface area contributed by atoms with E-state index in [9.17, 15) is 0 Å². The fourth-order valence-corrected chi connectivity index (χ4v) is 2.11. The molecule has 3 N–H and O–H groups in total. The number of hydrogen-bond acceptors (Lipinski definition) is 3. The number of halogens is 1. The van der Waals surface area contributed by atoms with Gasteiger partial charge in [-0.05, 0) is 19.1 Å². The van der Waals surface area contributed by atoms with Crippen LogP contribution < -0.4 is 5.73 Å². The predicted octanol–water partition coefficient (Wildman–Crippen LogP) is 2.68. The molecule has 3 nitrogen and oxygen atoms in total. The molecule has 0 amide bonds. The van der Waals surface area contributed by atoms with Gasteiger partial charge in [0.1, 0.15) is 5.69 Å². The van der Waals surface area contributed by atoms with E-state index >= 15 is 0 Å². The third-order valence-electron chi connectivity index (χ3n) is 1.80. The van der Waals surface area contributed by atoms with Crippen LogP contribution in [0, 0.1) is 6.92 Å². The minimum Gasteiger partial charge on any atom is -0.395 e. The Kier molecular flexibility index (Phi) is 2.01. The molecule has 0 fully saturated rings. The number of aromatic amines is 1. The molecular weight excluding hydrogens is 206 g/mol. The zero-order valence-electron chi connectivity index (χ0n) is 6.97. The van der Waals surface area contributed by atoms with Crippen LogP contribution in [0.4, 0.5) is 5.69 Å². The number of nitrogens with one attached hydrogen (secondary N) is 1. The Balaban J connectivity index is 2.52. The number of aromatic nitrogens is 2. The van der Waals surface area contributed by atoms with Crippen LogP contribution in [-0.4, -0.2) is 10.2 Å². The second-order valence-corrected chi connectivity index (χ2v) is 4.43. The molecule has 0 aliphatic heterocycles. The van der Waals surface area contributed by atoms with Crippen molar-refractivity contribution >= 4 is 28.6 Å². The summed E-state index contributed by atoms with van der Waals surface area (Å²) in [6.07, 6.45) is 0. The van der Waals surface area contributed by atoms with Gasteiger partial charge in [-0.1, -0.05) is 11.6 Å². The first-order valence-corrected chi connectivity index (χ1v) is 4.94. The van der Waals surface area contributed by atoms with Crippen molar-refractivity contribution in [2.24, 2.45) is 0 Å². The highest BCUT2D eigenvalue weighted by Crippen LogP contribution is 2.33. The minimum atomic E-state index is 0.693. The molecule has 5 heteroatoms. The SMILES string of the molecule is Cc1[nH]nc(-c2ccc(Cl)s2)c1N. The number of anilines is 1. The van der Waals surface area contributed by atoms with Gasteiger partial charge in [-0.3, -0.25) is 5.10 Å². The molecule has 0 aromatic carbocycles. The number of nitrogen functional groups attached to an aromatic ring is 1. The summed E-state index contributed by atoms with van der Waals surface area (Å²) < 4.78 is 0.745. The number of nitrogens with zero attached hydrogens (tertiary/aromatic N) is 1. The van der Waals surface area contributed by atoms with Gasteiger partial charge in [-0.25, -0.2) is 0 Å². The van der Waals surface area contributed by atoms with Crippen molar-refractivity contribution in [3.63, 3.8) is 0 Å². The average molecular weight is 214 g/mol. The summed E-state index contributed by atoms with van der Waals surface area (Å²) in [7, 11) is 0. The molecule has 0 radical (unpaired) electrons. The molecule has 2 aromatic heterocycles. The van der Waals surface area contributed by atoms with Crippen LogP contribution in [0.15, 0.2) is 12.1 Å². The molecule has 0 saturated heterocycles. The van der Waals surface area contributed by atoms with E-state index in [0.29, 0.717) is 5.69 Å². The van der Waals surface area contributed by atoms with Gasteiger partial charge in [0.25, 0.3) is 0 Å². The first-order chi connectivity index (χ1) is 6.18. The van der Waals surface area contributed by atoms with E-state index in [1.54, 1.807) is 0 Å². The fourth-order valence-electron chi connectivity index (χ4n) is 1.07. The molecule has 2 rings (SSSR count). The lowest BCUT2D eigenvalue weighted by Crippen LogP contribution is -1.86. The molecule has 13 heavy (non-hydrogen) atoms. The summed E-state index contributed by atoms with van der Waals surface area (Å²) >= 11 is 7.28. The number of rotatable bonds is 1. The summed E-state index contributed by atoms with van der Waals surface area (Å²) in [5, 5.41) is 6.93. The fraction of sp³-hybridized carbons (Fsp3) is 0.125. The summed E-state index contributed by atoms with van der Waals surface area (Å²) in [5.41, 5.74) is 8.18. The average Bonchev–Trinajstić information content (AvgIpc) is 2.62. The molecule has 0 atom stereocenters. The van der Waals surface area contributed by atoms with E-state index in [1.165, 1.54) is 11.3 Å². The van der Waals surface area contributed by atoms with Crippen molar-refractivity contribution < 1.29 is 0 Å². The van der Waals surface area contributed by atoms with Gasteiger partial charge >= 0.3 is 0 Å². The zero-order valence-corrected chi connectivity index (χ0v) is 8.54. The topological polar surface area (TPSA) is 54.7 Å². The highest BCUT2D eigenvalue weighted by Gasteiger charge is 2.10. The second kappa shape index (κ2) is 3.05. The van der Waals surface area contributed by atoms with E-state index in [2.05, 4.69) is 10.2 Å². The number of hydrogen-bond donors (Lipinski definition) is 2. The van der Waals surface area contributed by atoms with Crippen molar-refractivity contribution in [1.29, 1.82) is 0 Å². The highest BCUT2D eigenvalue weighted by atomic mass is 35.5. The molecule has 0 spiro atoms. The summed E-state index contributed by atoms with van der Waals surface area (Å²) in [6.45, 7) is 1.89. The van der Waals surface area contributed by atoms with Gasteiger partial charge in [0, 0.05) is 0 Å². The Morgan fingerprint density at radius 1 is 1.54 bits per heavy atom. The standard InChI is InChI=1S/C8H8ClN3S/c1-4-7(10)8(12-11-4)5-2-3-6(9)13-5/h2-3H,10H2,1H3,(H,11,12). The molecule has 0 aliphatic rings. The maximum atomic E-state index is 5.81. The van der Waals surface area contributed by atoms with Crippen LogP contribution in [0.25, 0.3) is 10.6 Å². The number of thiophene rings is 1. The lowest BCUT2D eigenvalue weighted by molar-refractivity contribution is 1.05. The van der Waals surface area contributed by atoms with Gasteiger partial charge in [0.15, 0.2) is 0 Å². The maximum absolute atomic E-state index is 5.81. The van der Waals surface area contributed by atoms with Crippen LogP contribution in [0.1, 0.15) is 5.69 Å². The second-order valence-electron chi connectivity index (χ2n) is 2.71. The first-order valence-electron chi connectivity index (χ1n) is 3.74. The van der Waals surface area contributed by atoms with Crippen molar-refractivity contribution in [2.75, 3.05) is 5.73 Å². The minimum absolute atomic E-state index is 0.693. The Hall–Kier alpha value is -1.00. The molecule has 0 saturated carbocycles. The van der Waals surface area contributed by atoms with Crippen LogP contribution in [0.5, 0.6) is 0 Å². The van der Waals surface area contributed by atoms with Crippen LogP contribution in [0.3, 0.4) is 0 Å². The molecule has 0 aliphatic carbocycles. The van der Waals surface area contributed by atoms with E-state index in [1.807, 2.05) is 19.1 Å². The van der Waals surface area contributed by atoms with Gasteiger partial charge < -0.3 is 5.73 Å². The number of aryl methyl sites for hydroxylation is 1. The quantitative estimate of drug-likeness (QED) is 0.765. The lowest BCUT2D eigenvalue weighted by Gasteiger charge is -1.92. The lowest BCUT2D eigenvalue weighted by atomic mass is 10.3. The monoisotopic (exact) mass is 213 g/mol. The normalized spacial score (nSPS) is 10.6. The first kappa shape index (κ1) is 8.59. The molecular formula is C8H8ClN3S. The smallest absolute Gasteiger partial charge is 0.125 e. The Morgan fingerprint density at radius 3 is 2.77 bits per heavy atom. The van der Waals surface area contributed by atoms with Crippen molar-refractivity contribution in [3.8, 4) is 10.6 Å². The molecule has 68 valence electrons. The van der Waals surface area contributed by atoms with Crippen molar-refractivity contribution in [2.45, 2.75) is 6.92 Å². The summed E-state index contributed by atoms with van der Waals surface area (Å²) in [4.78, 5) is 0.992. The van der Waals surface area contributed by atoms with E-state index in [4.69, 9.17) is 17.3 Å². The van der Waals surface area contributed by atoms with E-state index < -0.39 is 0 Å². The van der Waals surface area contributed by atoms with Crippen molar-refractivity contribution in [1.82, 2.24) is 10.2 Å². The van der Waals surface area contributed by atoms with Gasteiger partial charge in [0.05, 0.1) is 20.6 Å². The van der Waals surface area contributed by atoms with Gasteiger partial charge in [0.2, 0.25) is 0 Å². The molecule has 0 unspecified atom stereocenters.